The van der Waals surface area contributed by atoms with Crippen molar-refractivity contribution >= 4 is 29.3 Å². The first kappa shape index (κ1) is 15.6. The molecule has 2 rings (SSSR count). The minimum atomic E-state index is -1.08. The fraction of sp³-hybridized carbons (Fsp3) is 0.467. The van der Waals surface area contributed by atoms with E-state index in [0.717, 1.165) is 12.8 Å². The minimum absolute atomic E-state index is 0.0536. The Balaban J connectivity index is 2.13. The standard InChI is InChI=1S/C15H19ClN2O3/c1-9-3-4-10(2)18(8-9)15(21)17-13-6-11(14(19)20)5-12(16)7-13/h5-7,9-10H,3-4,8H2,1-2H3,(H,17,21)(H,19,20). The largest absolute Gasteiger partial charge is 0.478 e. The topological polar surface area (TPSA) is 69.6 Å². The van der Waals surface area contributed by atoms with E-state index in [1.165, 1.54) is 12.1 Å². The summed E-state index contributed by atoms with van der Waals surface area (Å²) in [5, 5.41) is 12.0. The van der Waals surface area contributed by atoms with Gasteiger partial charge in [-0.05, 0) is 43.9 Å². The van der Waals surface area contributed by atoms with Crippen LogP contribution in [0.2, 0.25) is 5.02 Å². The monoisotopic (exact) mass is 310 g/mol. The van der Waals surface area contributed by atoms with Gasteiger partial charge in [-0.1, -0.05) is 18.5 Å². The number of likely N-dealkylation sites (tertiary alicyclic amines) is 1. The zero-order valence-electron chi connectivity index (χ0n) is 12.1. The first-order valence-electron chi connectivity index (χ1n) is 6.98. The second-order valence-corrected chi connectivity index (χ2v) is 6.08. The molecule has 2 N–H and O–H groups in total. The lowest BCUT2D eigenvalue weighted by Crippen LogP contribution is -2.46. The summed E-state index contributed by atoms with van der Waals surface area (Å²) in [7, 11) is 0. The van der Waals surface area contributed by atoms with Gasteiger partial charge < -0.3 is 15.3 Å². The summed E-state index contributed by atoms with van der Waals surface area (Å²) < 4.78 is 0. The summed E-state index contributed by atoms with van der Waals surface area (Å²) in [6.45, 7) is 4.85. The number of nitrogens with zero attached hydrogens (tertiary/aromatic N) is 1. The number of hydrogen-bond acceptors (Lipinski definition) is 2. The number of amides is 2. The van der Waals surface area contributed by atoms with Gasteiger partial charge in [0.2, 0.25) is 0 Å². The summed E-state index contributed by atoms with van der Waals surface area (Å²) in [6, 6.07) is 4.27. The van der Waals surface area contributed by atoms with Crippen LogP contribution in [0.25, 0.3) is 0 Å². The third-order valence-corrected chi connectivity index (χ3v) is 3.99. The molecule has 6 heteroatoms. The minimum Gasteiger partial charge on any atom is -0.478 e. The fourth-order valence-electron chi connectivity index (χ4n) is 2.55. The third-order valence-electron chi connectivity index (χ3n) is 3.77. The number of halogens is 1. The lowest BCUT2D eigenvalue weighted by Gasteiger charge is -2.36. The fourth-order valence-corrected chi connectivity index (χ4v) is 2.79. The Bertz CT molecular complexity index is 562. The van der Waals surface area contributed by atoms with Crippen LogP contribution >= 0.6 is 11.6 Å². The molecule has 1 aromatic rings. The number of aromatic carboxylic acids is 1. The highest BCUT2D eigenvalue weighted by Crippen LogP contribution is 2.24. The van der Waals surface area contributed by atoms with Crippen molar-refractivity contribution in [2.24, 2.45) is 5.92 Å². The van der Waals surface area contributed by atoms with Crippen LogP contribution < -0.4 is 5.32 Å². The molecule has 0 spiro atoms. The molecule has 1 aliphatic heterocycles. The summed E-state index contributed by atoms with van der Waals surface area (Å²) in [5.41, 5.74) is 0.452. The Morgan fingerprint density at radius 1 is 1.29 bits per heavy atom. The van der Waals surface area contributed by atoms with Crippen molar-refractivity contribution < 1.29 is 14.7 Å². The average Bonchev–Trinajstić information content (AvgIpc) is 2.40. The zero-order chi connectivity index (χ0) is 15.6. The number of anilines is 1. The first-order valence-corrected chi connectivity index (χ1v) is 7.36. The summed E-state index contributed by atoms with van der Waals surface area (Å²) in [4.78, 5) is 25.1. The second kappa shape index (κ2) is 6.35. The highest BCUT2D eigenvalue weighted by atomic mass is 35.5. The summed E-state index contributed by atoms with van der Waals surface area (Å²) in [6.07, 6.45) is 2.09. The molecule has 1 saturated heterocycles. The van der Waals surface area contributed by atoms with E-state index in [1.807, 2.05) is 6.92 Å². The molecular formula is C15H19ClN2O3. The van der Waals surface area contributed by atoms with Crippen molar-refractivity contribution in [3.05, 3.63) is 28.8 Å². The first-order chi connectivity index (χ1) is 9.86. The normalized spacial score (nSPS) is 22.0. The van der Waals surface area contributed by atoms with Crippen molar-refractivity contribution in [2.45, 2.75) is 32.7 Å². The van der Waals surface area contributed by atoms with Gasteiger partial charge in [0.25, 0.3) is 0 Å². The molecule has 1 aromatic carbocycles. The number of carbonyl (C=O) groups is 2. The molecule has 1 heterocycles. The van der Waals surface area contributed by atoms with Crippen LogP contribution in [0.15, 0.2) is 18.2 Å². The van der Waals surface area contributed by atoms with Gasteiger partial charge >= 0.3 is 12.0 Å². The van der Waals surface area contributed by atoms with Crippen molar-refractivity contribution in [3.8, 4) is 0 Å². The van der Waals surface area contributed by atoms with Crippen LogP contribution in [0.1, 0.15) is 37.0 Å². The highest BCUT2D eigenvalue weighted by molar-refractivity contribution is 6.31. The van der Waals surface area contributed by atoms with E-state index >= 15 is 0 Å². The molecule has 0 radical (unpaired) electrons. The quantitative estimate of drug-likeness (QED) is 0.875. The maximum Gasteiger partial charge on any atom is 0.335 e. The molecule has 114 valence electrons. The predicted molar refractivity (Wildman–Crippen MR) is 82.0 cm³/mol. The molecule has 0 saturated carbocycles. The van der Waals surface area contributed by atoms with Gasteiger partial charge in [-0.3, -0.25) is 0 Å². The molecule has 2 unspecified atom stereocenters. The van der Waals surface area contributed by atoms with Crippen LogP contribution in [0.5, 0.6) is 0 Å². The molecular weight excluding hydrogens is 292 g/mol. The van der Waals surface area contributed by atoms with E-state index in [-0.39, 0.29) is 22.7 Å². The number of carboxylic acids is 1. The van der Waals surface area contributed by atoms with E-state index in [9.17, 15) is 9.59 Å². The van der Waals surface area contributed by atoms with Crippen LogP contribution in [0.3, 0.4) is 0 Å². The van der Waals surface area contributed by atoms with Crippen LogP contribution in [-0.4, -0.2) is 34.6 Å². The van der Waals surface area contributed by atoms with Gasteiger partial charge in [-0.25, -0.2) is 9.59 Å². The lowest BCUT2D eigenvalue weighted by atomic mass is 9.95. The Morgan fingerprint density at radius 2 is 2.00 bits per heavy atom. The molecule has 2 atom stereocenters. The van der Waals surface area contributed by atoms with Gasteiger partial charge in [0.1, 0.15) is 0 Å². The van der Waals surface area contributed by atoms with Gasteiger partial charge in [0.15, 0.2) is 0 Å². The summed E-state index contributed by atoms with van der Waals surface area (Å²) in [5.74, 6) is -0.603. The number of carboxylic acid groups (broad SMARTS) is 1. The van der Waals surface area contributed by atoms with Crippen LogP contribution in [0.4, 0.5) is 10.5 Å². The number of nitrogens with one attached hydrogen (secondary N) is 1. The van der Waals surface area contributed by atoms with E-state index in [4.69, 9.17) is 16.7 Å². The van der Waals surface area contributed by atoms with Crippen molar-refractivity contribution in [2.75, 3.05) is 11.9 Å². The molecule has 0 aliphatic carbocycles. The molecule has 21 heavy (non-hydrogen) atoms. The lowest BCUT2D eigenvalue weighted by molar-refractivity contribution is 0.0697. The Hall–Kier alpha value is -1.75. The molecule has 2 amide bonds. The smallest absolute Gasteiger partial charge is 0.335 e. The maximum atomic E-state index is 12.3. The number of hydrogen-bond donors (Lipinski definition) is 2. The van der Waals surface area contributed by atoms with E-state index in [2.05, 4.69) is 12.2 Å². The highest BCUT2D eigenvalue weighted by Gasteiger charge is 2.27. The number of rotatable bonds is 2. The van der Waals surface area contributed by atoms with E-state index < -0.39 is 5.97 Å². The van der Waals surface area contributed by atoms with E-state index in [0.29, 0.717) is 18.2 Å². The van der Waals surface area contributed by atoms with Gasteiger partial charge in [0.05, 0.1) is 5.56 Å². The van der Waals surface area contributed by atoms with E-state index in [1.54, 1.807) is 11.0 Å². The molecule has 0 aromatic heterocycles. The third kappa shape index (κ3) is 3.88. The molecule has 5 nitrogen and oxygen atoms in total. The molecule has 0 bridgehead atoms. The van der Waals surface area contributed by atoms with Crippen LogP contribution in [0, 0.1) is 5.92 Å². The van der Waals surface area contributed by atoms with Crippen molar-refractivity contribution in [1.82, 2.24) is 4.90 Å². The Kier molecular flexibility index (Phi) is 4.73. The van der Waals surface area contributed by atoms with Crippen molar-refractivity contribution in [3.63, 3.8) is 0 Å². The molecule has 1 aliphatic rings. The number of carbonyl (C=O) groups excluding carboxylic acids is 1. The van der Waals surface area contributed by atoms with Gasteiger partial charge in [-0.15, -0.1) is 0 Å². The average molecular weight is 311 g/mol. The Labute approximate surface area is 128 Å². The zero-order valence-corrected chi connectivity index (χ0v) is 12.9. The number of urea groups is 1. The van der Waals surface area contributed by atoms with Gasteiger partial charge in [-0.2, -0.15) is 0 Å². The van der Waals surface area contributed by atoms with Crippen molar-refractivity contribution in [1.29, 1.82) is 0 Å². The Morgan fingerprint density at radius 3 is 2.67 bits per heavy atom. The number of benzene rings is 1. The predicted octanol–water partition coefficient (Wildman–Crippen LogP) is 3.69. The van der Waals surface area contributed by atoms with Gasteiger partial charge in [0, 0.05) is 23.3 Å². The number of piperidine rings is 1. The SMILES string of the molecule is CC1CCC(C)N(C(=O)Nc2cc(Cl)cc(C(=O)O)c2)C1. The van der Waals surface area contributed by atoms with Crippen LogP contribution in [-0.2, 0) is 0 Å². The molecule has 1 fully saturated rings. The summed E-state index contributed by atoms with van der Waals surface area (Å²) >= 11 is 5.89. The second-order valence-electron chi connectivity index (χ2n) is 5.65. The maximum absolute atomic E-state index is 12.3.